The number of pyridine rings is 1. The zero-order chi connectivity index (χ0) is 24.4. The van der Waals surface area contributed by atoms with E-state index >= 15 is 0 Å². The van der Waals surface area contributed by atoms with Gasteiger partial charge in [0.1, 0.15) is 16.6 Å². The number of nitrogens with zero attached hydrogens (tertiary/aromatic N) is 4. The fourth-order valence-corrected chi connectivity index (χ4v) is 5.20. The maximum absolute atomic E-state index is 12.9. The van der Waals surface area contributed by atoms with Gasteiger partial charge in [0.2, 0.25) is 0 Å². The molecule has 0 aliphatic carbocycles. The van der Waals surface area contributed by atoms with E-state index in [1.54, 1.807) is 30.1 Å². The van der Waals surface area contributed by atoms with Crippen LogP contribution in [0.3, 0.4) is 0 Å². The molecule has 1 aliphatic rings. The first-order valence-electron chi connectivity index (χ1n) is 11.5. The number of hydrogen-bond acceptors (Lipinski definition) is 6. The van der Waals surface area contributed by atoms with E-state index in [1.165, 1.54) is 0 Å². The smallest absolute Gasteiger partial charge is 0.387 e. The number of aryl methyl sites for hydroxylation is 2. The molecule has 1 saturated heterocycles. The largest absolute Gasteiger partial charge is 0.434 e. The minimum absolute atomic E-state index is 0.174. The molecule has 1 fully saturated rings. The summed E-state index contributed by atoms with van der Waals surface area (Å²) in [5, 5.41) is 0.964. The molecule has 0 amide bonds. The van der Waals surface area contributed by atoms with Crippen LogP contribution in [-0.2, 0) is 11.3 Å². The van der Waals surface area contributed by atoms with Crippen LogP contribution in [0, 0.1) is 13.8 Å². The van der Waals surface area contributed by atoms with Crippen molar-refractivity contribution >= 4 is 23.0 Å². The fourth-order valence-electron chi connectivity index (χ4n) is 4.28. The van der Waals surface area contributed by atoms with Crippen molar-refractivity contribution in [3.8, 4) is 16.9 Å². The summed E-state index contributed by atoms with van der Waals surface area (Å²) in [7, 11) is 0. The quantitative estimate of drug-likeness (QED) is 0.306. The Morgan fingerprint density at radius 3 is 2.66 bits per heavy atom. The molecule has 0 spiro atoms. The van der Waals surface area contributed by atoms with Gasteiger partial charge in [-0.15, -0.1) is 0 Å². The van der Waals surface area contributed by atoms with E-state index in [0.717, 1.165) is 64.9 Å². The van der Waals surface area contributed by atoms with Crippen LogP contribution in [0.2, 0.25) is 0 Å². The molecule has 3 heterocycles. The third-order valence-corrected chi connectivity index (χ3v) is 7.08. The number of alkyl halides is 2. The Bertz CT molecular complexity index is 1340. The van der Waals surface area contributed by atoms with Crippen LogP contribution < -0.4 is 4.74 Å². The molecule has 2 aromatic carbocycles. The molecule has 0 unspecified atom stereocenters. The summed E-state index contributed by atoms with van der Waals surface area (Å²) in [4.78, 5) is 9.37. The maximum atomic E-state index is 12.9. The average Bonchev–Trinajstić information content (AvgIpc) is 3.15. The Morgan fingerprint density at radius 2 is 1.89 bits per heavy atom. The summed E-state index contributed by atoms with van der Waals surface area (Å²) >= 11 is 1.66. The first kappa shape index (κ1) is 23.7. The number of aromatic nitrogens is 3. The number of ether oxygens (including phenoxy) is 2. The maximum Gasteiger partial charge on any atom is 0.387 e. The van der Waals surface area contributed by atoms with E-state index in [9.17, 15) is 8.78 Å². The van der Waals surface area contributed by atoms with E-state index < -0.39 is 6.61 Å². The van der Waals surface area contributed by atoms with Crippen molar-refractivity contribution in [3.05, 3.63) is 71.7 Å². The van der Waals surface area contributed by atoms with Crippen LogP contribution in [0.5, 0.6) is 5.75 Å². The minimum Gasteiger partial charge on any atom is -0.434 e. The molecule has 0 N–H and O–H groups in total. The van der Waals surface area contributed by atoms with Gasteiger partial charge in [0.15, 0.2) is 0 Å². The van der Waals surface area contributed by atoms with Gasteiger partial charge in [-0.3, -0.25) is 0 Å². The highest BCUT2D eigenvalue weighted by atomic mass is 32.2. The molecule has 0 radical (unpaired) electrons. The zero-order valence-corrected chi connectivity index (χ0v) is 20.4. The van der Waals surface area contributed by atoms with Crippen LogP contribution in [0.1, 0.15) is 17.0 Å². The number of rotatable bonds is 7. The van der Waals surface area contributed by atoms with Crippen molar-refractivity contribution < 1.29 is 18.3 Å². The molecular formula is C26H26F2N4O2S. The van der Waals surface area contributed by atoms with Gasteiger partial charge < -0.3 is 14.0 Å². The summed E-state index contributed by atoms with van der Waals surface area (Å²) < 4.78 is 40.2. The van der Waals surface area contributed by atoms with Gasteiger partial charge in [-0.2, -0.15) is 8.78 Å². The van der Waals surface area contributed by atoms with Crippen molar-refractivity contribution in [2.75, 3.05) is 26.3 Å². The lowest BCUT2D eigenvalue weighted by Gasteiger charge is -2.25. The van der Waals surface area contributed by atoms with Gasteiger partial charge in [-0.05, 0) is 61.2 Å². The van der Waals surface area contributed by atoms with Gasteiger partial charge in [-0.25, -0.2) is 14.3 Å². The van der Waals surface area contributed by atoms with Gasteiger partial charge >= 0.3 is 6.61 Å². The Hall–Kier alpha value is -3.01. The third kappa shape index (κ3) is 5.32. The Labute approximate surface area is 207 Å². The monoisotopic (exact) mass is 496 g/mol. The molecule has 9 heteroatoms. The summed E-state index contributed by atoms with van der Waals surface area (Å²) in [6, 6.07) is 15.1. The highest BCUT2D eigenvalue weighted by Gasteiger charge is 2.16. The molecule has 4 aromatic rings. The number of benzene rings is 2. The predicted octanol–water partition coefficient (Wildman–Crippen LogP) is 5.70. The van der Waals surface area contributed by atoms with Crippen LogP contribution in [-0.4, -0.2) is 51.8 Å². The van der Waals surface area contributed by atoms with Crippen molar-refractivity contribution in [2.45, 2.75) is 32.0 Å². The Balaban J connectivity index is 1.45. The van der Waals surface area contributed by atoms with E-state index in [4.69, 9.17) is 14.5 Å². The minimum atomic E-state index is -2.87. The second kappa shape index (κ2) is 10.3. The molecule has 1 aliphatic heterocycles. The van der Waals surface area contributed by atoms with Crippen molar-refractivity contribution in [3.63, 3.8) is 0 Å². The topological polar surface area (TPSA) is 52.4 Å². The second-order valence-electron chi connectivity index (χ2n) is 8.41. The van der Waals surface area contributed by atoms with Crippen LogP contribution in [0.4, 0.5) is 8.78 Å². The first-order valence-corrected chi connectivity index (χ1v) is 12.2. The third-order valence-electron chi connectivity index (χ3n) is 6.05. The van der Waals surface area contributed by atoms with E-state index in [-0.39, 0.29) is 5.75 Å². The number of morpholine rings is 1. The lowest BCUT2D eigenvalue weighted by atomic mass is 10.0. The molecule has 0 atom stereocenters. The lowest BCUT2D eigenvalue weighted by molar-refractivity contribution is -0.0504. The molecule has 5 rings (SSSR count). The van der Waals surface area contributed by atoms with E-state index in [0.29, 0.717) is 12.1 Å². The van der Waals surface area contributed by atoms with Crippen molar-refractivity contribution in [1.29, 1.82) is 0 Å². The summed E-state index contributed by atoms with van der Waals surface area (Å²) in [6.07, 6.45) is 1.92. The van der Waals surface area contributed by atoms with Gasteiger partial charge in [0, 0.05) is 30.4 Å². The number of para-hydroxylation sites is 1. The van der Waals surface area contributed by atoms with Gasteiger partial charge in [-0.1, -0.05) is 24.3 Å². The molecule has 0 saturated carbocycles. The molecule has 0 bridgehead atoms. The van der Waals surface area contributed by atoms with Crippen LogP contribution in [0.15, 0.2) is 59.8 Å². The average molecular weight is 497 g/mol. The van der Waals surface area contributed by atoms with Crippen molar-refractivity contribution in [1.82, 2.24) is 18.8 Å². The molecular weight excluding hydrogens is 470 g/mol. The Kier molecular flexibility index (Phi) is 6.99. The van der Waals surface area contributed by atoms with Gasteiger partial charge in [0.05, 0.1) is 30.8 Å². The molecule has 35 heavy (non-hydrogen) atoms. The fraction of sp³-hybridized carbons (Fsp3) is 0.308. The summed E-state index contributed by atoms with van der Waals surface area (Å²) in [5.41, 5.74) is 5.66. The second-order valence-corrected chi connectivity index (χ2v) is 9.52. The number of fused-ring (bicyclic) bond motifs is 1. The van der Waals surface area contributed by atoms with Crippen LogP contribution in [0.25, 0.3) is 22.2 Å². The summed E-state index contributed by atoms with van der Waals surface area (Å²) in [5.74, 6) is 0.976. The highest BCUT2D eigenvalue weighted by Crippen LogP contribution is 2.31. The van der Waals surface area contributed by atoms with Crippen molar-refractivity contribution in [2.24, 2.45) is 0 Å². The highest BCUT2D eigenvalue weighted by molar-refractivity contribution is 7.97. The standard InChI is InChI=1S/C26H26F2N4O2S/c1-17-13-25(35-31-9-11-33-12-10-31)29-15-21(17)19-7-8-22-23(14-19)32(18(2)30-22)16-20-5-3-4-6-24(20)34-26(27)28/h3-8,13-15,26H,9-12,16H2,1-2H3. The van der Waals surface area contributed by atoms with Gasteiger partial charge in [0.25, 0.3) is 0 Å². The normalized spacial score (nSPS) is 14.7. The number of hydrogen-bond donors (Lipinski definition) is 0. The van der Waals surface area contributed by atoms with E-state index in [1.807, 2.05) is 35.9 Å². The predicted molar refractivity (Wildman–Crippen MR) is 133 cm³/mol. The summed E-state index contributed by atoms with van der Waals surface area (Å²) in [6.45, 7) is 4.78. The SMILES string of the molecule is Cc1cc(SN2CCOCC2)ncc1-c1ccc2nc(C)n(Cc3ccccc3OC(F)F)c2c1. The lowest BCUT2D eigenvalue weighted by Crippen LogP contribution is -2.31. The number of imidazole rings is 1. The molecule has 6 nitrogen and oxygen atoms in total. The number of halogens is 2. The molecule has 182 valence electrons. The van der Waals surface area contributed by atoms with E-state index in [2.05, 4.69) is 28.3 Å². The first-order chi connectivity index (χ1) is 17.0. The Morgan fingerprint density at radius 1 is 1.09 bits per heavy atom. The zero-order valence-electron chi connectivity index (χ0n) is 19.6. The molecule has 2 aromatic heterocycles. The van der Waals surface area contributed by atoms with Crippen LogP contribution >= 0.6 is 11.9 Å².